The molecular weight excluding hydrogens is 152 g/mol. The number of carbonyl (C=O) groups excluding carboxylic acids is 1. The molecule has 0 fully saturated rings. The molecule has 0 saturated carbocycles. The number of benzene rings is 1. The number of hydrogen-bond acceptors (Lipinski definition) is 2. The zero-order valence-corrected chi connectivity index (χ0v) is 6.40. The Morgan fingerprint density at radius 3 is 2.92 bits per heavy atom. The van der Waals surface area contributed by atoms with Crippen LogP contribution in [-0.4, -0.2) is 11.9 Å². The summed E-state index contributed by atoms with van der Waals surface area (Å²) in [5.41, 5.74) is 5.49. The summed E-state index contributed by atoms with van der Waals surface area (Å²) in [7, 11) is 0. The minimum Gasteiger partial charge on any atom is -0.317 e. The second-order valence-corrected chi connectivity index (χ2v) is 2.70. The molecule has 2 rings (SSSR count). The smallest absolute Gasteiger partial charge is 0.267 e. The van der Waals surface area contributed by atoms with Gasteiger partial charge in [0.2, 0.25) is 0 Å². The van der Waals surface area contributed by atoms with Crippen LogP contribution in [0.1, 0.15) is 0 Å². The molecular formula is C9H8N2O. The van der Waals surface area contributed by atoms with Gasteiger partial charge in [-0.15, -0.1) is 0 Å². The van der Waals surface area contributed by atoms with Gasteiger partial charge in [0, 0.05) is 0 Å². The third-order valence-electron chi connectivity index (χ3n) is 1.81. The van der Waals surface area contributed by atoms with E-state index in [-0.39, 0.29) is 5.91 Å². The number of nitrogens with two attached hydrogens (primary N) is 1. The van der Waals surface area contributed by atoms with E-state index in [0.29, 0.717) is 5.36 Å². The van der Waals surface area contributed by atoms with Crippen LogP contribution in [0.3, 0.4) is 0 Å². The molecule has 1 aromatic rings. The average Bonchev–Trinajstić information content (AvgIpc) is 2.07. The zero-order valence-electron chi connectivity index (χ0n) is 6.40. The summed E-state index contributed by atoms with van der Waals surface area (Å²) in [4.78, 5) is 14.9. The Hall–Kier alpha value is -1.48. The zero-order chi connectivity index (χ0) is 8.55. The molecule has 60 valence electrons. The fraction of sp³-hybridized carbons (Fsp3) is 0.111. The number of fused-ring (bicyclic) bond motifs is 1. The molecule has 2 N–H and O–H groups in total. The van der Waals surface area contributed by atoms with Crippen LogP contribution in [0.15, 0.2) is 29.3 Å². The first-order valence-electron chi connectivity index (χ1n) is 3.72. The number of nitrogens with zero attached hydrogens (tertiary/aromatic N) is 1. The Morgan fingerprint density at radius 1 is 1.33 bits per heavy atom. The Morgan fingerprint density at radius 2 is 2.08 bits per heavy atom. The van der Waals surface area contributed by atoms with Crippen LogP contribution < -0.4 is 16.3 Å². The maximum atomic E-state index is 11.0. The van der Waals surface area contributed by atoms with E-state index >= 15 is 0 Å². The molecule has 0 radical (unpaired) electrons. The summed E-state index contributed by atoms with van der Waals surface area (Å²) in [5, 5.41) is 1.65. The van der Waals surface area contributed by atoms with E-state index in [0.717, 1.165) is 5.22 Å². The van der Waals surface area contributed by atoms with Crippen LogP contribution in [0.4, 0.5) is 0 Å². The Balaban J connectivity index is 2.79. The minimum absolute atomic E-state index is 0.270. The van der Waals surface area contributed by atoms with E-state index in [2.05, 4.69) is 4.99 Å². The van der Waals surface area contributed by atoms with Gasteiger partial charge < -0.3 is 5.73 Å². The topological polar surface area (TPSA) is 55.4 Å². The van der Waals surface area contributed by atoms with Crippen molar-refractivity contribution in [1.29, 1.82) is 0 Å². The maximum Gasteiger partial charge on any atom is 0.267 e. The third kappa shape index (κ3) is 1.04. The fourth-order valence-corrected chi connectivity index (χ4v) is 1.19. The normalized spacial score (nSPS) is 20.8. The summed E-state index contributed by atoms with van der Waals surface area (Å²) in [6, 6.07) is 6.87. The van der Waals surface area contributed by atoms with Crippen molar-refractivity contribution in [1.82, 2.24) is 0 Å². The van der Waals surface area contributed by atoms with Crippen molar-refractivity contribution in [3.05, 3.63) is 34.8 Å². The summed E-state index contributed by atoms with van der Waals surface area (Å²) >= 11 is 0. The molecule has 1 atom stereocenters. The minimum atomic E-state index is -0.570. The molecule has 1 aliphatic rings. The second-order valence-electron chi connectivity index (χ2n) is 2.70. The largest absolute Gasteiger partial charge is 0.317 e. The van der Waals surface area contributed by atoms with Gasteiger partial charge in [0.25, 0.3) is 5.91 Å². The molecule has 0 saturated heterocycles. The number of carbonyl (C=O) groups is 1. The predicted octanol–water partition coefficient (Wildman–Crippen LogP) is -1.05. The van der Waals surface area contributed by atoms with Gasteiger partial charge in [-0.1, -0.05) is 18.2 Å². The third-order valence-corrected chi connectivity index (χ3v) is 1.81. The maximum absolute atomic E-state index is 11.0. The first-order valence-corrected chi connectivity index (χ1v) is 3.72. The van der Waals surface area contributed by atoms with Gasteiger partial charge in [0.1, 0.15) is 6.04 Å². The van der Waals surface area contributed by atoms with Crippen LogP contribution in [0.5, 0.6) is 0 Å². The van der Waals surface area contributed by atoms with E-state index in [4.69, 9.17) is 5.73 Å². The van der Waals surface area contributed by atoms with E-state index in [1.165, 1.54) is 0 Å². The molecule has 0 aromatic heterocycles. The Bertz CT molecular complexity index is 436. The van der Waals surface area contributed by atoms with Crippen molar-refractivity contribution in [3.8, 4) is 0 Å². The molecule has 1 heterocycles. The predicted molar refractivity (Wildman–Crippen MR) is 44.7 cm³/mol. The van der Waals surface area contributed by atoms with Crippen molar-refractivity contribution < 1.29 is 4.79 Å². The van der Waals surface area contributed by atoms with Gasteiger partial charge in [-0.05, 0) is 17.4 Å². The number of amides is 1. The van der Waals surface area contributed by atoms with E-state index in [1.807, 2.05) is 18.2 Å². The summed E-state index contributed by atoms with van der Waals surface area (Å²) in [5.74, 6) is -0.270. The number of rotatable bonds is 0. The monoisotopic (exact) mass is 160 g/mol. The highest BCUT2D eigenvalue weighted by atomic mass is 16.1. The molecule has 3 heteroatoms. The molecule has 1 aliphatic heterocycles. The second kappa shape index (κ2) is 2.53. The number of hydrogen-bond donors (Lipinski definition) is 1. The Kier molecular flexibility index (Phi) is 1.52. The first-order chi connectivity index (χ1) is 5.77. The molecule has 12 heavy (non-hydrogen) atoms. The van der Waals surface area contributed by atoms with Crippen molar-refractivity contribution in [2.24, 2.45) is 10.7 Å². The van der Waals surface area contributed by atoms with Gasteiger partial charge in [-0.2, -0.15) is 0 Å². The van der Waals surface area contributed by atoms with Gasteiger partial charge in [-0.3, -0.25) is 4.79 Å². The van der Waals surface area contributed by atoms with Gasteiger partial charge in [0.05, 0.1) is 5.36 Å². The van der Waals surface area contributed by atoms with Crippen LogP contribution >= 0.6 is 0 Å². The molecule has 0 bridgehead atoms. The van der Waals surface area contributed by atoms with Gasteiger partial charge in [-0.25, -0.2) is 4.99 Å². The first kappa shape index (κ1) is 7.18. The van der Waals surface area contributed by atoms with Crippen molar-refractivity contribution in [2.45, 2.75) is 6.04 Å². The lowest BCUT2D eigenvalue weighted by molar-refractivity contribution is -0.118. The molecule has 1 aromatic carbocycles. The highest BCUT2D eigenvalue weighted by Gasteiger charge is 2.11. The van der Waals surface area contributed by atoms with Gasteiger partial charge >= 0.3 is 0 Å². The standard InChI is InChI=1S/C9H8N2O/c10-7-5-6-3-1-2-4-8(6)11-9(7)12/h1-5,7H,10H2. The molecule has 0 aliphatic carbocycles. The lowest BCUT2D eigenvalue weighted by atomic mass is 10.1. The van der Waals surface area contributed by atoms with E-state index in [9.17, 15) is 4.79 Å². The van der Waals surface area contributed by atoms with Crippen molar-refractivity contribution >= 4 is 12.0 Å². The van der Waals surface area contributed by atoms with Gasteiger partial charge in [0.15, 0.2) is 0 Å². The number of para-hydroxylation sites is 1. The lowest BCUT2D eigenvalue weighted by Gasteiger charge is -2.04. The quantitative estimate of drug-likeness (QED) is 0.526. The van der Waals surface area contributed by atoms with Crippen molar-refractivity contribution in [3.63, 3.8) is 0 Å². The van der Waals surface area contributed by atoms with Crippen LogP contribution in [0.25, 0.3) is 6.08 Å². The SMILES string of the molecule is NC1C=c2ccccc2=NC1=O. The summed E-state index contributed by atoms with van der Waals surface area (Å²) in [6.07, 6.45) is 1.73. The molecule has 3 nitrogen and oxygen atoms in total. The van der Waals surface area contributed by atoms with E-state index < -0.39 is 6.04 Å². The van der Waals surface area contributed by atoms with Crippen LogP contribution in [0.2, 0.25) is 0 Å². The lowest BCUT2D eigenvalue weighted by Crippen LogP contribution is -2.39. The highest BCUT2D eigenvalue weighted by molar-refractivity contribution is 5.89. The molecule has 0 spiro atoms. The van der Waals surface area contributed by atoms with Crippen LogP contribution in [-0.2, 0) is 4.79 Å². The van der Waals surface area contributed by atoms with E-state index in [1.54, 1.807) is 12.1 Å². The molecule has 1 unspecified atom stereocenters. The molecule has 1 amide bonds. The Labute approximate surface area is 69.2 Å². The average molecular weight is 160 g/mol. The fourth-order valence-electron chi connectivity index (χ4n) is 1.19. The summed E-state index contributed by atoms with van der Waals surface area (Å²) < 4.78 is 0. The summed E-state index contributed by atoms with van der Waals surface area (Å²) in [6.45, 7) is 0. The van der Waals surface area contributed by atoms with Crippen molar-refractivity contribution in [2.75, 3.05) is 0 Å². The highest BCUT2D eigenvalue weighted by Crippen LogP contribution is 1.88. The van der Waals surface area contributed by atoms with Crippen LogP contribution in [0, 0.1) is 0 Å².